The first kappa shape index (κ1) is 16.5. The molecule has 3 aromatic rings. The van der Waals surface area contributed by atoms with Crippen molar-refractivity contribution in [2.45, 2.75) is 6.92 Å². The molecule has 0 spiro atoms. The summed E-state index contributed by atoms with van der Waals surface area (Å²) in [5.74, 6) is 2.29. The number of benzene rings is 1. The number of anilines is 1. The zero-order valence-electron chi connectivity index (χ0n) is 13.9. The Balaban J connectivity index is 1.51. The number of rotatable bonds is 3. The molecule has 0 atom stereocenters. The molecule has 0 amide bonds. The number of nitrogens with zero attached hydrogens (tertiary/aromatic N) is 4. The largest absolute Gasteiger partial charge is 0.616 e. The van der Waals surface area contributed by atoms with Gasteiger partial charge in [-0.05, 0) is 24.6 Å². The van der Waals surface area contributed by atoms with Gasteiger partial charge in [-0.25, -0.2) is 15.0 Å². The van der Waals surface area contributed by atoms with E-state index in [4.69, 9.17) is 0 Å². The Kier molecular flexibility index (Phi) is 4.70. The smallest absolute Gasteiger partial charge is 0.126 e. The summed E-state index contributed by atoms with van der Waals surface area (Å²) >= 11 is 0.997. The molecule has 1 aliphatic heterocycles. The molecule has 0 radical (unpaired) electrons. The van der Waals surface area contributed by atoms with E-state index < -0.39 is 11.2 Å². The summed E-state index contributed by atoms with van der Waals surface area (Å²) < 4.78 is 11.5. The first-order chi connectivity index (χ1) is 12.2. The van der Waals surface area contributed by atoms with Crippen LogP contribution < -0.4 is 4.90 Å². The van der Waals surface area contributed by atoms with E-state index >= 15 is 0 Å². The Labute approximate surface area is 154 Å². The molecule has 1 fully saturated rings. The van der Waals surface area contributed by atoms with Gasteiger partial charge in [-0.2, -0.15) is 0 Å². The van der Waals surface area contributed by atoms with Crippen LogP contribution in [-0.4, -0.2) is 44.1 Å². The van der Waals surface area contributed by atoms with Gasteiger partial charge in [0, 0.05) is 29.8 Å². The van der Waals surface area contributed by atoms with Crippen LogP contribution in [0.1, 0.15) is 5.82 Å². The predicted octanol–water partition coefficient (Wildman–Crippen LogP) is 3.14. The van der Waals surface area contributed by atoms with E-state index in [0.717, 1.165) is 51.4 Å². The lowest BCUT2D eigenvalue weighted by Crippen LogP contribution is -2.40. The maximum atomic E-state index is 11.5. The molecule has 0 bridgehead atoms. The molecule has 0 unspecified atom stereocenters. The summed E-state index contributed by atoms with van der Waals surface area (Å²) in [5, 5.41) is 0.928. The molecule has 3 heterocycles. The van der Waals surface area contributed by atoms with E-state index in [9.17, 15) is 4.55 Å². The number of aryl methyl sites for hydroxylation is 1. The highest BCUT2D eigenvalue weighted by Crippen LogP contribution is 2.32. The Morgan fingerprint density at radius 1 is 0.960 bits per heavy atom. The van der Waals surface area contributed by atoms with Gasteiger partial charge in [0.05, 0.1) is 18.0 Å². The second-order valence-electron chi connectivity index (χ2n) is 5.93. The number of thiazole rings is 1. The first-order valence-electron chi connectivity index (χ1n) is 8.14. The maximum Gasteiger partial charge on any atom is 0.126 e. The second kappa shape index (κ2) is 7.11. The van der Waals surface area contributed by atoms with Gasteiger partial charge in [-0.1, -0.05) is 23.3 Å². The molecule has 25 heavy (non-hydrogen) atoms. The van der Waals surface area contributed by atoms with Crippen LogP contribution in [0.4, 0.5) is 5.69 Å². The van der Waals surface area contributed by atoms with Gasteiger partial charge < -0.3 is 9.45 Å². The molecular weight excluding hydrogens is 352 g/mol. The highest BCUT2D eigenvalue weighted by Gasteiger charge is 2.19. The third-order valence-electron chi connectivity index (χ3n) is 4.23. The number of aromatic nitrogens is 3. The lowest BCUT2D eigenvalue weighted by Gasteiger charge is -2.29. The van der Waals surface area contributed by atoms with Crippen LogP contribution in [-0.2, 0) is 11.2 Å². The van der Waals surface area contributed by atoms with Crippen LogP contribution in [0.3, 0.4) is 0 Å². The number of hydrogen-bond donors (Lipinski definition) is 0. The van der Waals surface area contributed by atoms with Crippen LogP contribution in [0.5, 0.6) is 0 Å². The first-order valence-corrected chi connectivity index (χ1v) is 10.4. The Morgan fingerprint density at radius 2 is 1.64 bits per heavy atom. The van der Waals surface area contributed by atoms with Gasteiger partial charge >= 0.3 is 0 Å². The van der Waals surface area contributed by atoms with Crippen molar-refractivity contribution in [3.8, 4) is 21.0 Å². The van der Waals surface area contributed by atoms with Gasteiger partial charge in [0.15, 0.2) is 0 Å². The van der Waals surface area contributed by atoms with Crippen molar-refractivity contribution >= 4 is 28.2 Å². The van der Waals surface area contributed by atoms with E-state index in [1.807, 2.05) is 25.5 Å². The average molecular weight is 371 g/mol. The molecule has 7 heteroatoms. The zero-order valence-corrected chi connectivity index (χ0v) is 15.5. The molecule has 5 nitrogen and oxygen atoms in total. The summed E-state index contributed by atoms with van der Waals surface area (Å²) in [6.07, 6.45) is 5.53. The molecule has 0 aliphatic carbocycles. The van der Waals surface area contributed by atoms with Gasteiger partial charge in [-0.15, -0.1) is 11.3 Å². The monoisotopic (exact) mass is 370 g/mol. The quantitative estimate of drug-likeness (QED) is 0.663. The summed E-state index contributed by atoms with van der Waals surface area (Å²) in [5.41, 5.74) is 3.29. The van der Waals surface area contributed by atoms with E-state index in [1.54, 1.807) is 11.3 Å². The summed E-state index contributed by atoms with van der Waals surface area (Å²) in [6.45, 7) is 3.60. The molecule has 128 valence electrons. The van der Waals surface area contributed by atoms with Crippen molar-refractivity contribution in [2.24, 2.45) is 0 Å². The van der Waals surface area contributed by atoms with Gasteiger partial charge in [0.1, 0.15) is 22.3 Å². The van der Waals surface area contributed by atoms with Crippen LogP contribution >= 0.6 is 11.3 Å². The van der Waals surface area contributed by atoms with Crippen molar-refractivity contribution in [2.75, 3.05) is 29.5 Å². The molecule has 1 saturated heterocycles. The van der Waals surface area contributed by atoms with Crippen LogP contribution in [0.15, 0.2) is 42.9 Å². The van der Waals surface area contributed by atoms with Crippen LogP contribution in [0.25, 0.3) is 21.0 Å². The third kappa shape index (κ3) is 3.68. The van der Waals surface area contributed by atoms with E-state index in [-0.39, 0.29) is 0 Å². The van der Waals surface area contributed by atoms with E-state index in [2.05, 4.69) is 44.1 Å². The molecule has 1 aliphatic rings. The molecular formula is C18H18N4OS2. The summed E-state index contributed by atoms with van der Waals surface area (Å²) in [7, 11) is 0. The van der Waals surface area contributed by atoms with Crippen molar-refractivity contribution < 1.29 is 4.55 Å². The standard InChI is InChI=1S/C18H18N4OS2/c1-13-19-10-15(11-20-13)18-21-12-17(24-18)14-2-4-16(5-3-14)22-6-8-25(23)9-7-22/h2-5,10-12H,6-9H2,1H3. The lowest BCUT2D eigenvalue weighted by molar-refractivity contribution is 0.586. The van der Waals surface area contributed by atoms with Gasteiger partial charge in [0.25, 0.3) is 0 Å². The summed E-state index contributed by atoms with van der Waals surface area (Å²) in [6, 6.07) is 8.53. The van der Waals surface area contributed by atoms with Gasteiger partial charge in [-0.3, -0.25) is 0 Å². The fraction of sp³-hybridized carbons (Fsp3) is 0.278. The molecule has 0 saturated carbocycles. The molecule has 2 aromatic heterocycles. The second-order valence-corrected chi connectivity index (χ2v) is 8.66. The zero-order chi connectivity index (χ0) is 17.2. The van der Waals surface area contributed by atoms with Crippen LogP contribution in [0, 0.1) is 6.92 Å². The van der Waals surface area contributed by atoms with Crippen molar-refractivity contribution in [1.82, 2.24) is 15.0 Å². The lowest BCUT2D eigenvalue weighted by atomic mass is 10.2. The van der Waals surface area contributed by atoms with Crippen molar-refractivity contribution in [3.05, 3.63) is 48.7 Å². The van der Waals surface area contributed by atoms with E-state index in [1.165, 1.54) is 5.69 Å². The summed E-state index contributed by atoms with van der Waals surface area (Å²) in [4.78, 5) is 16.4. The number of hydrogen-bond acceptors (Lipinski definition) is 6. The van der Waals surface area contributed by atoms with Crippen LogP contribution in [0.2, 0.25) is 0 Å². The molecule has 1 aromatic carbocycles. The Morgan fingerprint density at radius 3 is 2.32 bits per heavy atom. The van der Waals surface area contributed by atoms with Crippen molar-refractivity contribution in [3.63, 3.8) is 0 Å². The minimum atomic E-state index is -0.644. The highest BCUT2D eigenvalue weighted by molar-refractivity contribution is 7.91. The maximum absolute atomic E-state index is 11.5. The van der Waals surface area contributed by atoms with E-state index in [0.29, 0.717) is 0 Å². The fourth-order valence-corrected chi connectivity index (χ4v) is 4.73. The van der Waals surface area contributed by atoms with Gasteiger partial charge in [0.2, 0.25) is 0 Å². The Hall–Kier alpha value is -1.96. The molecule has 4 rings (SSSR count). The van der Waals surface area contributed by atoms with Crippen molar-refractivity contribution in [1.29, 1.82) is 0 Å². The Bertz CT molecular complexity index is 840. The predicted molar refractivity (Wildman–Crippen MR) is 103 cm³/mol. The fourth-order valence-electron chi connectivity index (χ4n) is 2.78. The topological polar surface area (TPSA) is 65.0 Å². The minimum Gasteiger partial charge on any atom is -0.616 e. The molecule has 0 N–H and O–H groups in total. The highest BCUT2D eigenvalue weighted by atomic mass is 32.2. The minimum absolute atomic E-state index is 0.644. The normalized spacial score (nSPS) is 15.5. The third-order valence-corrected chi connectivity index (χ3v) is 6.60. The SMILES string of the molecule is Cc1ncc(-c2ncc(-c3ccc(N4CC[S+]([O-])CC4)cc3)s2)cn1. The average Bonchev–Trinajstić information content (AvgIpc) is 3.13.